The summed E-state index contributed by atoms with van der Waals surface area (Å²) in [4.78, 5) is 0. The summed E-state index contributed by atoms with van der Waals surface area (Å²) in [6.07, 6.45) is 4.21. The molecule has 3 rings (SSSR count). The van der Waals surface area contributed by atoms with Gasteiger partial charge in [0.25, 0.3) is 0 Å². The van der Waals surface area contributed by atoms with E-state index in [0.29, 0.717) is 0 Å². The van der Waals surface area contributed by atoms with Crippen molar-refractivity contribution in [2.75, 3.05) is 0 Å². The monoisotopic (exact) mass is 226 g/mol. The van der Waals surface area contributed by atoms with E-state index in [-0.39, 0.29) is 0 Å². The molecule has 0 N–H and O–H groups in total. The molecule has 2 aromatic heterocycles. The quantitative estimate of drug-likeness (QED) is 0.591. The van der Waals surface area contributed by atoms with Gasteiger partial charge in [0.1, 0.15) is 0 Å². The Kier molecular flexibility index (Phi) is 2.43. The van der Waals surface area contributed by atoms with E-state index in [4.69, 9.17) is 0 Å². The second kappa shape index (κ2) is 4.06. The van der Waals surface area contributed by atoms with E-state index in [1.54, 1.807) is 0 Å². The van der Waals surface area contributed by atoms with Crippen molar-refractivity contribution < 1.29 is 4.57 Å². The Hall–Kier alpha value is -1.67. The van der Waals surface area contributed by atoms with Crippen LogP contribution < -0.4 is 4.57 Å². The molecule has 3 aromatic rings. The smallest absolute Gasteiger partial charge is 0.175 e. The lowest BCUT2D eigenvalue weighted by atomic mass is 10.2. The van der Waals surface area contributed by atoms with Crippen molar-refractivity contribution in [3.05, 3.63) is 65.8 Å². The highest BCUT2D eigenvalue weighted by molar-refractivity contribution is 7.17. The van der Waals surface area contributed by atoms with E-state index >= 15 is 0 Å². The lowest BCUT2D eigenvalue weighted by Crippen LogP contribution is -2.32. The van der Waals surface area contributed by atoms with Crippen LogP contribution in [-0.4, -0.2) is 0 Å². The average molecular weight is 226 g/mol. The van der Waals surface area contributed by atoms with Gasteiger partial charge in [-0.25, -0.2) is 4.57 Å². The number of pyridine rings is 1. The number of fused-ring (bicyclic) bond motifs is 1. The van der Waals surface area contributed by atoms with Crippen LogP contribution >= 0.6 is 11.3 Å². The van der Waals surface area contributed by atoms with E-state index in [0.717, 1.165) is 6.54 Å². The zero-order valence-electron chi connectivity index (χ0n) is 8.84. The minimum atomic E-state index is 0.949. The van der Waals surface area contributed by atoms with Crippen LogP contribution in [0.25, 0.3) is 10.1 Å². The van der Waals surface area contributed by atoms with Crippen LogP contribution in [0.15, 0.2) is 60.2 Å². The van der Waals surface area contributed by atoms with Crippen LogP contribution in [0.1, 0.15) is 5.56 Å². The first-order valence-electron chi connectivity index (χ1n) is 5.33. The topological polar surface area (TPSA) is 3.88 Å². The molecule has 0 saturated heterocycles. The Morgan fingerprint density at radius 3 is 2.62 bits per heavy atom. The number of rotatable bonds is 2. The highest BCUT2D eigenvalue weighted by Gasteiger charge is 2.07. The van der Waals surface area contributed by atoms with Crippen molar-refractivity contribution in [3.8, 4) is 0 Å². The molecule has 0 aliphatic carbocycles. The molecular formula is C14H12NS+. The highest BCUT2D eigenvalue weighted by atomic mass is 32.1. The number of benzene rings is 1. The number of aromatic nitrogens is 1. The van der Waals surface area contributed by atoms with Crippen LogP contribution in [0.3, 0.4) is 0 Å². The van der Waals surface area contributed by atoms with Crippen LogP contribution in [-0.2, 0) is 6.54 Å². The molecule has 0 saturated carbocycles. The van der Waals surface area contributed by atoms with Gasteiger partial charge in [-0.05, 0) is 6.07 Å². The number of hydrogen-bond acceptors (Lipinski definition) is 1. The summed E-state index contributed by atoms with van der Waals surface area (Å²) in [6, 6.07) is 14.8. The van der Waals surface area contributed by atoms with Crippen molar-refractivity contribution in [2.45, 2.75) is 6.54 Å². The fourth-order valence-corrected chi connectivity index (χ4v) is 2.85. The summed E-state index contributed by atoms with van der Waals surface area (Å²) in [5, 5.41) is 3.63. The van der Waals surface area contributed by atoms with Gasteiger partial charge in [0.05, 0.1) is 0 Å². The van der Waals surface area contributed by atoms with E-state index in [9.17, 15) is 0 Å². The lowest BCUT2D eigenvalue weighted by molar-refractivity contribution is -0.688. The molecule has 2 heteroatoms. The summed E-state index contributed by atoms with van der Waals surface area (Å²) in [6.45, 7) is 0.949. The molecule has 0 fully saturated rings. The molecule has 1 nitrogen and oxygen atoms in total. The minimum Gasteiger partial charge on any atom is -0.201 e. The van der Waals surface area contributed by atoms with Crippen LogP contribution in [0.5, 0.6) is 0 Å². The van der Waals surface area contributed by atoms with Crippen molar-refractivity contribution in [1.82, 2.24) is 0 Å². The van der Waals surface area contributed by atoms with Gasteiger partial charge in [-0.3, -0.25) is 0 Å². The van der Waals surface area contributed by atoms with Gasteiger partial charge in [0.2, 0.25) is 0 Å². The van der Waals surface area contributed by atoms with Crippen molar-refractivity contribution >= 4 is 21.4 Å². The lowest BCUT2D eigenvalue weighted by Gasteiger charge is -1.95. The first kappa shape index (κ1) is 9.55. The standard InChI is InChI=1S/C14H12NS/c1-4-8-15(9-5-1)10-12-11-16-14-7-3-2-6-13(12)14/h1-9,11H,10H2/q+1. The number of thiophene rings is 1. The molecule has 0 radical (unpaired) electrons. The number of hydrogen-bond donors (Lipinski definition) is 0. The average Bonchev–Trinajstić information content (AvgIpc) is 2.74. The van der Waals surface area contributed by atoms with Gasteiger partial charge in [-0.1, -0.05) is 24.3 Å². The molecule has 16 heavy (non-hydrogen) atoms. The largest absolute Gasteiger partial charge is 0.201 e. The predicted octanol–water partition coefficient (Wildman–Crippen LogP) is 3.24. The third-order valence-electron chi connectivity index (χ3n) is 2.69. The van der Waals surface area contributed by atoms with Crippen molar-refractivity contribution in [3.63, 3.8) is 0 Å². The van der Waals surface area contributed by atoms with Crippen molar-refractivity contribution in [1.29, 1.82) is 0 Å². The Bertz CT molecular complexity index is 598. The van der Waals surface area contributed by atoms with Gasteiger partial charge in [-0.2, -0.15) is 0 Å². The molecule has 0 atom stereocenters. The molecule has 0 bridgehead atoms. The van der Waals surface area contributed by atoms with E-state index in [1.165, 1.54) is 15.6 Å². The van der Waals surface area contributed by atoms with Crippen LogP contribution in [0, 0.1) is 0 Å². The van der Waals surface area contributed by atoms with Crippen LogP contribution in [0.4, 0.5) is 0 Å². The highest BCUT2D eigenvalue weighted by Crippen LogP contribution is 2.25. The summed E-state index contributed by atoms with van der Waals surface area (Å²) >= 11 is 1.82. The Morgan fingerprint density at radius 1 is 0.938 bits per heavy atom. The Labute approximate surface area is 98.6 Å². The predicted molar refractivity (Wildman–Crippen MR) is 67.6 cm³/mol. The van der Waals surface area contributed by atoms with Gasteiger partial charge in [0.15, 0.2) is 18.9 Å². The van der Waals surface area contributed by atoms with Crippen molar-refractivity contribution in [2.24, 2.45) is 0 Å². The van der Waals surface area contributed by atoms with E-state index in [1.807, 2.05) is 17.4 Å². The van der Waals surface area contributed by atoms with Crippen LogP contribution in [0.2, 0.25) is 0 Å². The maximum Gasteiger partial charge on any atom is 0.175 e. The van der Waals surface area contributed by atoms with E-state index < -0.39 is 0 Å². The Morgan fingerprint density at radius 2 is 1.75 bits per heavy atom. The summed E-state index contributed by atoms with van der Waals surface area (Å²) in [5.74, 6) is 0. The Balaban J connectivity index is 2.01. The second-order valence-corrected chi connectivity index (χ2v) is 4.72. The molecule has 78 valence electrons. The third kappa shape index (κ3) is 1.72. The second-order valence-electron chi connectivity index (χ2n) is 3.80. The molecule has 0 aliphatic heterocycles. The molecule has 2 heterocycles. The zero-order chi connectivity index (χ0) is 10.8. The van der Waals surface area contributed by atoms with E-state index in [2.05, 4.69) is 58.7 Å². The fraction of sp³-hybridized carbons (Fsp3) is 0.0714. The number of nitrogens with zero attached hydrogens (tertiary/aromatic N) is 1. The van der Waals surface area contributed by atoms with Gasteiger partial charge < -0.3 is 0 Å². The zero-order valence-corrected chi connectivity index (χ0v) is 9.65. The van der Waals surface area contributed by atoms with Gasteiger partial charge >= 0.3 is 0 Å². The minimum absolute atomic E-state index is 0.949. The maximum absolute atomic E-state index is 2.25. The van der Waals surface area contributed by atoms with Gasteiger partial charge in [0, 0.05) is 33.2 Å². The molecule has 1 aromatic carbocycles. The normalized spacial score (nSPS) is 10.8. The SMILES string of the molecule is c1cc[n+](Cc2csc3ccccc23)cc1. The molecule has 0 amide bonds. The third-order valence-corrected chi connectivity index (χ3v) is 3.70. The maximum atomic E-state index is 2.25. The molecular weight excluding hydrogens is 214 g/mol. The van der Waals surface area contributed by atoms with Gasteiger partial charge in [-0.15, -0.1) is 11.3 Å². The molecule has 0 unspecified atom stereocenters. The first-order chi connectivity index (χ1) is 7.93. The summed E-state index contributed by atoms with van der Waals surface area (Å²) < 4.78 is 3.57. The summed E-state index contributed by atoms with van der Waals surface area (Å²) in [5.41, 5.74) is 1.40. The fourth-order valence-electron chi connectivity index (χ4n) is 1.89. The first-order valence-corrected chi connectivity index (χ1v) is 6.21. The summed E-state index contributed by atoms with van der Waals surface area (Å²) in [7, 11) is 0. The molecule has 0 aliphatic rings. The molecule has 0 spiro atoms.